The lowest BCUT2D eigenvalue weighted by Crippen LogP contribution is -2.70. The van der Waals surface area contributed by atoms with Crippen molar-refractivity contribution in [2.45, 2.75) is 109 Å². The molecule has 6 rings (SSSR count). The third-order valence-corrected chi connectivity index (χ3v) is 16.8. The average Bonchev–Trinajstić information content (AvgIpc) is 3.55. The molecule has 4 heterocycles. The van der Waals surface area contributed by atoms with Gasteiger partial charge in [-0.05, 0) is 80.6 Å². The first-order valence-corrected chi connectivity index (χ1v) is 24.7. The van der Waals surface area contributed by atoms with Crippen molar-refractivity contribution >= 4 is 49.9 Å². The van der Waals surface area contributed by atoms with Gasteiger partial charge in [0.15, 0.2) is 18.5 Å². The number of amides is 4. The van der Waals surface area contributed by atoms with E-state index in [-0.39, 0.29) is 34.8 Å². The molecule has 3 aliphatic heterocycles. The van der Waals surface area contributed by atoms with Gasteiger partial charge in [-0.25, -0.2) is 14.7 Å². The second-order valence-electron chi connectivity index (χ2n) is 18.0. The van der Waals surface area contributed by atoms with E-state index in [9.17, 15) is 24.0 Å². The van der Waals surface area contributed by atoms with Gasteiger partial charge in [0.25, 0.3) is 5.91 Å². The van der Waals surface area contributed by atoms with Crippen LogP contribution in [0.15, 0.2) is 108 Å². The standard InChI is InChI=1S/C46H57N5O8SSi/c1-10-50(59-61(8,9)46(5,6)7)36(52)29-48-24-21-31(22-25-48)28-49-26-23-34(40(49)53)27-35-30-60-42-37(47-44(56)58-45(2,3)4)41(54)51(42)38(35)43(55)57-39(32-17-13-11-14-18-32)33-19-15-12-16-20-33/h11-22,24-25,27,37,39,42H,10,23,26,28-30H2,1-9H3/p+1. The van der Waals surface area contributed by atoms with E-state index in [0.717, 1.165) is 16.7 Å². The van der Waals surface area contributed by atoms with Crippen molar-refractivity contribution in [2.24, 2.45) is 0 Å². The van der Waals surface area contributed by atoms with Crippen molar-refractivity contribution in [2.75, 3.05) is 18.8 Å². The number of hydrogen-bond acceptors (Lipinski definition) is 9. The lowest BCUT2D eigenvalue weighted by Gasteiger charge is -2.49. The summed E-state index contributed by atoms with van der Waals surface area (Å²) in [7, 11) is -2.20. The van der Waals surface area contributed by atoms with Gasteiger partial charge in [-0.2, -0.15) is 4.57 Å². The quantitative estimate of drug-likeness (QED) is 0.0491. The van der Waals surface area contributed by atoms with Crippen molar-refractivity contribution in [3.8, 4) is 0 Å². The van der Waals surface area contributed by atoms with Gasteiger partial charge in [-0.15, -0.1) is 11.8 Å². The number of hydrogen-bond donors (Lipinski definition) is 1. The van der Waals surface area contributed by atoms with Gasteiger partial charge in [0.1, 0.15) is 22.7 Å². The van der Waals surface area contributed by atoms with Gasteiger partial charge in [0.2, 0.25) is 20.8 Å². The molecular weight excluding hydrogens is 811 g/mol. The maximum absolute atomic E-state index is 14.5. The van der Waals surface area contributed by atoms with Gasteiger partial charge in [-0.3, -0.25) is 19.3 Å². The lowest BCUT2D eigenvalue weighted by atomic mass is 10.00. The number of rotatable bonds is 13. The van der Waals surface area contributed by atoms with Crippen LogP contribution in [-0.2, 0) is 46.3 Å². The third-order valence-electron chi connectivity index (χ3n) is 11.2. The summed E-state index contributed by atoms with van der Waals surface area (Å²) in [4.78, 5) is 71.3. The van der Waals surface area contributed by atoms with Crippen molar-refractivity contribution in [3.05, 3.63) is 125 Å². The number of hydroxylamine groups is 2. The molecule has 2 unspecified atom stereocenters. The maximum atomic E-state index is 14.5. The number of carbonyl (C=O) groups excluding carboxylic acids is 5. The summed E-state index contributed by atoms with van der Waals surface area (Å²) in [5.74, 6) is -1.21. The predicted molar refractivity (Wildman–Crippen MR) is 235 cm³/mol. The average molecular weight is 869 g/mol. The maximum Gasteiger partial charge on any atom is 0.408 e. The number of nitrogens with zero attached hydrogens (tertiary/aromatic N) is 4. The molecule has 0 radical (unpaired) electrons. The van der Waals surface area contributed by atoms with Crippen molar-refractivity contribution in [1.82, 2.24) is 20.2 Å². The molecule has 3 aromatic rings. The first-order valence-electron chi connectivity index (χ1n) is 20.7. The molecular formula is C46H58N5O8SSi+. The molecule has 0 saturated carbocycles. The number of likely N-dealkylation sites (tertiary alicyclic amines) is 1. The van der Waals surface area contributed by atoms with Crippen LogP contribution in [0, 0.1) is 0 Å². The lowest BCUT2D eigenvalue weighted by molar-refractivity contribution is -0.685. The number of esters is 1. The predicted octanol–water partition coefficient (Wildman–Crippen LogP) is 6.81. The van der Waals surface area contributed by atoms with Crippen LogP contribution in [0.4, 0.5) is 4.79 Å². The summed E-state index contributed by atoms with van der Waals surface area (Å²) in [5.41, 5.74) is 2.68. The van der Waals surface area contributed by atoms with Gasteiger partial charge in [-0.1, -0.05) is 81.4 Å². The van der Waals surface area contributed by atoms with Crippen LogP contribution in [0.25, 0.3) is 0 Å². The third kappa shape index (κ3) is 10.6. The number of nitrogens with one attached hydrogen (secondary N) is 1. The van der Waals surface area contributed by atoms with Crippen LogP contribution in [0.5, 0.6) is 0 Å². The van der Waals surface area contributed by atoms with E-state index >= 15 is 0 Å². The molecule has 2 atom stereocenters. The number of benzene rings is 2. The Labute approximate surface area is 364 Å². The number of alkyl carbamates (subject to hydrolysis) is 1. The van der Waals surface area contributed by atoms with E-state index < -0.39 is 49.4 Å². The number of thioether (sulfide) groups is 1. The molecule has 15 heteroatoms. The first kappa shape index (κ1) is 45.3. The molecule has 2 saturated heterocycles. The minimum absolute atomic E-state index is 0.0464. The van der Waals surface area contributed by atoms with Crippen LogP contribution in [0.3, 0.4) is 0 Å². The smallest absolute Gasteiger partial charge is 0.408 e. The summed E-state index contributed by atoms with van der Waals surface area (Å²) in [6, 6.07) is 21.6. The minimum Gasteiger partial charge on any atom is -0.448 e. The van der Waals surface area contributed by atoms with Crippen LogP contribution in [0.2, 0.25) is 18.1 Å². The molecule has 1 N–H and O–H groups in total. The minimum atomic E-state index is -2.20. The number of likely N-dealkylation sites (N-methyl/N-ethyl adjacent to an activating group) is 1. The Balaban J connectivity index is 1.21. The molecule has 0 spiro atoms. The highest BCUT2D eigenvalue weighted by atomic mass is 32.2. The van der Waals surface area contributed by atoms with E-state index in [1.165, 1.54) is 21.7 Å². The number of pyridine rings is 1. The molecule has 324 valence electrons. The first-order chi connectivity index (χ1) is 28.8. The van der Waals surface area contributed by atoms with E-state index in [2.05, 4.69) is 39.2 Å². The summed E-state index contributed by atoms with van der Waals surface area (Å²) >= 11 is 1.39. The fourth-order valence-electron chi connectivity index (χ4n) is 6.95. The number of β-lactam (4-membered cyclic amide) rings is 1. The van der Waals surface area contributed by atoms with Crippen molar-refractivity contribution in [1.29, 1.82) is 0 Å². The Hall–Kier alpha value is -5.25. The Morgan fingerprint density at radius 2 is 1.56 bits per heavy atom. The molecule has 13 nitrogen and oxygen atoms in total. The summed E-state index contributed by atoms with van der Waals surface area (Å²) in [5, 5.41) is 3.53. The van der Waals surface area contributed by atoms with Crippen LogP contribution < -0.4 is 9.88 Å². The fourth-order valence-corrected chi connectivity index (χ4v) is 9.31. The largest absolute Gasteiger partial charge is 0.448 e. The monoisotopic (exact) mass is 868 g/mol. The van der Waals surface area contributed by atoms with Gasteiger partial charge >= 0.3 is 18.0 Å². The highest BCUT2D eigenvalue weighted by molar-refractivity contribution is 8.00. The van der Waals surface area contributed by atoms with E-state index in [1.807, 2.05) is 92.1 Å². The normalized spacial score (nSPS) is 18.9. The zero-order valence-electron chi connectivity index (χ0n) is 36.6. The number of ether oxygens (including phenoxy) is 2. The molecule has 4 amide bonds. The molecule has 0 bridgehead atoms. The second kappa shape index (κ2) is 18.4. The molecule has 2 aromatic carbocycles. The fraction of sp³-hybridized carbons (Fsp3) is 0.435. The number of allylic oxidation sites excluding steroid dienone is 1. The number of fused-ring (bicyclic) bond motifs is 1. The van der Waals surface area contributed by atoms with E-state index in [4.69, 9.17) is 14.0 Å². The SMILES string of the molecule is CCN(O[Si](C)(C)C(C)(C)C)C(=O)C[n+]1ccc(CN2CCC(=CC3=C(C(=O)OC(c4ccccc4)c4ccccc4)N4C(=O)C(NC(=O)OC(C)(C)C)C4SC3)C2=O)cc1. The topological polar surface area (TPSA) is 139 Å². The highest BCUT2D eigenvalue weighted by Crippen LogP contribution is 2.43. The highest BCUT2D eigenvalue weighted by Gasteiger charge is 2.55. The molecule has 3 aliphatic rings. The van der Waals surface area contributed by atoms with Crippen molar-refractivity contribution < 1.29 is 42.5 Å². The summed E-state index contributed by atoms with van der Waals surface area (Å²) < 4.78 is 19.8. The molecule has 61 heavy (non-hydrogen) atoms. The zero-order chi connectivity index (χ0) is 44.3. The van der Waals surface area contributed by atoms with Gasteiger partial charge < -0.3 is 24.2 Å². The Bertz CT molecular complexity index is 2140. The Kier molecular flexibility index (Phi) is 13.6. The summed E-state index contributed by atoms with van der Waals surface area (Å²) in [6.07, 6.45) is 4.32. The van der Waals surface area contributed by atoms with Crippen LogP contribution in [0.1, 0.15) is 77.7 Å². The molecule has 0 aliphatic carbocycles. The zero-order valence-corrected chi connectivity index (χ0v) is 38.4. The van der Waals surface area contributed by atoms with Crippen LogP contribution >= 0.6 is 11.8 Å². The molecule has 1 aromatic heterocycles. The summed E-state index contributed by atoms with van der Waals surface area (Å²) in [6.45, 7) is 19.1. The number of aromatic nitrogens is 1. The van der Waals surface area contributed by atoms with Crippen LogP contribution in [-0.4, -0.2) is 88.8 Å². The van der Waals surface area contributed by atoms with Crippen molar-refractivity contribution in [3.63, 3.8) is 0 Å². The second-order valence-corrected chi connectivity index (χ2v) is 23.8. The Morgan fingerprint density at radius 3 is 2.11 bits per heavy atom. The Morgan fingerprint density at radius 1 is 0.951 bits per heavy atom. The van der Waals surface area contributed by atoms with Gasteiger partial charge in [0, 0.05) is 43.1 Å². The number of carbonyl (C=O) groups is 5. The van der Waals surface area contributed by atoms with E-state index in [1.54, 1.807) is 36.3 Å². The van der Waals surface area contributed by atoms with Gasteiger partial charge in [0.05, 0.1) is 0 Å². The molecule has 2 fully saturated rings. The van der Waals surface area contributed by atoms with E-state index in [0.29, 0.717) is 37.2 Å².